The highest BCUT2D eigenvalue weighted by atomic mass is 16.6. The largest absolute Gasteiger partial charge is 0.396 e. The summed E-state index contributed by atoms with van der Waals surface area (Å²) >= 11 is 0. The van der Waals surface area contributed by atoms with Gasteiger partial charge in [-0.3, -0.25) is 9.58 Å². The predicted molar refractivity (Wildman–Crippen MR) is 71.5 cm³/mol. The summed E-state index contributed by atoms with van der Waals surface area (Å²) in [5.74, 6) is 0. The molecule has 0 spiro atoms. The summed E-state index contributed by atoms with van der Waals surface area (Å²) in [6.45, 7) is 2.76. The summed E-state index contributed by atoms with van der Waals surface area (Å²) in [6, 6.07) is 10.4. The molecule has 2 aliphatic heterocycles. The predicted octanol–water partition coefficient (Wildman–Crippen LogP) is 1.10. The molecule has 4 rings (SSSR count). The third-order valence-corrected chi connectivity index (χ3v) is 3.99. The fraction of sp³-hybridized carbons (Fsp3) is 0.357. The topological polar surface area (TPSA) is 56.1 Å². The van der Waals surface area contributed by atoms with Gasteiger partial charge in [-0.15, -0.1) is 0 Å². The van der Waals surface area contributed by atoms with Crippen LogP contribution in [0.5, 0.6) is 0 Å². The molecule has 0 bridgehead atoms. The molecule has 5 heteroatoms. The number of aromatic nitrogens is 2. The van der Waals surface area contributed by atoms with E-state index in [0.717, 1.165) is 19.7 Å². The second-order valence-electron chi connectivity index (χ2n) is 5.18. The zero-order valence-corrected chi connectivity index (χ0v) is 10.6. The Morgan fingerprint density at radius 1 is 1.32 bits per heavy atom. The fourth-order valence-electron chi connectivity index (χ4n) is 3.06. The monoisotopic (exact) mass is 256 g/mol. The minimum absolute atomic E-state index is 0.0634. The van der Waals surface area contributed by atoms with Gasteiger partial charge >= 0.3 is 0 Å². The maximum Gasteiger partial charge on any atom is 0.161 e. The number of nitrogens with zero attached hydrogens (tertiary/aromatic N) is 3. The second-order valence-corrected chi connectivity index (χ2v) is 5.18. The smallest absolute Gasteiger partial charge is 0.161 e. The van der Waals surface area contributed by atoms with E-state index in [1.54, 1.807) is 6.20 Å². The molecule has 0 radical (unpaired) electrons. The Balaban J connectivity index is 1.80. The molecule has 2 aliphatic rings. The van der Waals surface area contributed by atoms with Gasteiger partial charge in [-0.05, 0) is 5.56 Å². The standard InChI is InChI=1S/C14H16N4O/c15-12-8-16-18(9-12)13(11-4-2-1-3-5-11)14-10-17(14)6-7-19-14/h1-5,8-9,13H,6-7,10,15H2/t13?,14-,17?/m0/s1. The third kappa shape index (κ3) is 1.59. The molecule has 0 saturated carbocycles. The van der Waals surface area contributed by atoms with Crippen molar-refractivity contribution in [1.82, 2.24) is 14.7 Å². The maximum atomic E-state index is 6.02. The van der Waals surface area contributed by atoms with Crippen molar-refractivity contribution in [2.45, 2.75) is 11.8 Å². The van der Waals surface area contributed by atoms with Crippen molar-refractivity contribution in [3.8, 4) is 0 Å². The summed E-state index contributed by atoms with van der Waals surface area (Å²) in [6.07, 6.45) is 3.57. The van der Waals surface area contributed by atoms with Crippen molar-refractivity contribution in [3.05, 3.63) is 48.3 Å². The van der Waals surface area contributed by atoms with Gasteiger partial charge < -0.3 is 10.5 Å². The Morgan fingerprint density at radius 3 is 2.74 bits per heavy atom. The van der Waals surface area contributed by atoms with Crippen LogP contribution in [-0.2, 0) is 4.74 Å². The van der Waals surface area contributed by atoms with Crippen molar-refractivity contribution in [3.63, 3.8) is 0 Å². The van der Waals surface area contributed by atoms with Crippen LogP contribution >= 0.6 is 0 Å². The highest BCUT2D eigenvalue weighted by Crippen LogP contribution is 2.49. The number of anilines is 1. The summed E-state index contributed by atoms with van der Waals surface area (Å²) in [5, 5.41) is 4.39. The van der Waals surface area contributed by atoms with E-state index in [1.807, 2.05) is 29.1 Å². The van der Waals surface area contributed by atoms with Crippen LogP contribution in [0.3, 0.4) is 0 Å². The van der Waals surface area contributed by atoms with Crippen molar-refractivity contribution < 1.29 is 4.74 Å². The summed E-state index contributed by atoms with van der Waals surface area (Å²) < 4.78 is 7.95. The lowest BCUT2D eigenvalue weighted by atomic mass is 10.0. The van der Waals surface area contributed by atoms with Crippen molar-refractivity contribution in [2.75, 3.05) is 25.4 Å². The fourth-order valence-corrected chi connectivity index (χ4v) is 3.06. The lowest BCUT2D eigenvalue weighted by molar-refractivity contribution is 0.0252. The highest BCUT2D eigenvalue weighted by molar-refractivity contribution is 5.34. The van der Waals surface area contributed by atoms with Gasteiger partial charge in [0, 0.05) is 19.3 Å². The first-order valence-electron chi connectivity index (χ1n) is 6.53. The lowest BCUT2D eigenvalue weighted by Crippen LogP contribution is -2.31. The molecule has 3 heterocycles. The zero-order valence-electron chi connectivity index (χ0n) is 10.6. The van der Waals surface area contributed by atoms with Crippen LogP contribution in [-0.4, -0.2) is 40.1 Å². The van der Waals surface area contributed by atoms with Crippen LogP contribution in [0.2, 0.25) is 0 Å². The SMILES string of the molecule is Nc1cnn(C(c2ccccc2)[C@@]23CN2CCO3)c1. The minimum atomic E-state index is -0.222. The molecule has 1 aromatic carbocycles. The van der Waals surface area contributed by atoms with Gasteiger partial charge in [0.15, 0.2) is 5.72 Å². The Kier molecular flexibility index (Phi) is 2.22. The third-order valence-electron chi connectivity index (χ3n) is 3.99. The molecule has 2 N–H and O–H groups in total. The number of benzene rings is 1. The lowest BCUT2D eigenvalue weighted by Gasteiger charge is -2.25. The van der Waals surface area contributed by atoms with Gasteiger partial charge in [0.25, 0.3) is 0 Å². The first-order chi connectivity index (χ1) is 9.29. The molecule has 1 aromatic heterocycles. The summed E-state index contributed by atoms with van der Waals surface area (Å²) in [4.78, 5) is 2.35. The Hall–Kier alpha value is -1.85. The zero-order chi connectivity index (χ0) is 12.9. The average molecular weight is 256 g/mol. The molecular formula is C14H16N4O. The molecule has 3 atom stereocenters. The van der Waals surface area contributed by atoms with Crippen LogP contribution in [0.1, 0.15) is 11.6 Å². The molecule has 0 amide bonds. The Morgan fingerprint density at radius 2 is 2.16 bits per heavy atom. The minimum Gasteiger partial charge on any atom is -0.396 e. The number of rotatable bonds is 3. The van der Waals surface area contributed by atoms with Gasteiger partial charge in [0.2, 0.25) is 0 Å². The van der Waals surface area contributed by atoms with Crippen LogP contribution in [0.4, 0.5) is 5.69 Å². The van der Waals surface area contributed by atoms with Crippen molar-refractivity contribution >= 4 is 5.69 Å². The normalized spacial score (nSPS) is 30.0. The number of hydrogen-bond acceptors (Lipinski definition) is 4. The van der Waals surface area contributed by atoms with E-state index >= 15 is 0 Å². The first-order valence-corrected chi connectivity index (χ1v) is 6.53. The number of nitrogen functional groups attached to an aromatic ring is 1. The molecule has 2 aromatic rings. The summed E-state index contributed by atoms with van der Waals surface area (Å²) in [5.41, 5.74) is 7.48. The average Bonchev–Trinajstić information content (AvgIpc) is 2.77. The van der Waals surface area contributed by atoms with E-state index in [0.29, 0.717) is 5.69 Å². The van der Waals surface area contributed by atoms with Gasteiger partial charge in [-0.2, -0.15) is 5.10 Å². The molecule has 2 unspecified atom stereocenters. The van der Waals surface area contributed by atoms with Crippen LogP contribution in [0.15, 0.2) is 42.7 Å². The van der Waals surface area contributed by atoms with Gasteiger partial charge in [-0.25, -0.2) is 0 Å². The molecule has 0 aliphatic carbocycles. The molecular weight excluding hydrogens is 240 g/mol. The summed E-state index contributed by atoms with van der Waals surface area (Å²) in [7, 11) is 0. The molecule has 2 fully saturated rings. The van der Waals surface area contributed by atoms with Crippen molar-refractivity contribution in [2.24, 2.45) is 0 Å². The first kappa shape index (κ1) is 11.0. The van der Waals surface area contributed by atoms with E-state index in [9.17, 15) is 0 Å². The van der Waals surface area contributed by atoms with Crippen LogP contribution < -0.4 is 5.73 Å². The second kappa shape index (κ2) is 3.82. The van der Waals surface area contributed by atoms with Gasteiger partial charge in [0.1, 0.15) is 6.04 Å². The van der Waals surface area contributed by atoms with E-state index in [1.165, 1.54) is 5.56 Å². The number of nitrogens with two attached hydrogens (primary N) is 1. The molecule has 98 valence electrons. The van der Waals surface area contributed by atoms with Crippen LogP contribution in [0.25, 0.3) is 0 Å². The molecule has 2 saturated heterocycles. The van der Waals surface area contributed by atoms with E-state index in [-0.39, 0.29) is 11.8 Å². The van der Waals surface area contributed by atoms with Gasteiger partial charge in [0.05, 0.1) is 18.5 Å². The van der Waals surface area contributed by atoms with E-state index < -0.39 is 0 Å². The van der Waals surface area contributed by atoms with Crippen molar-refractivity contribution in [1.29, 1.82) is 0 Å². The van der Waals surface area contributed by atoms with Crippen LogP contribution in [0, 0.1) is 0 Å². The quantitative estimate of drug-likeness (QED) is 0.835. The Labute approximate surface area is 111 Å². The number of hydrogen-bond donors (Lipinski definition) is 1. The molecule has 19 heavy (non-hydrogen) atoms. The van der Waals surface area contributed by atoms with Gasteiger partial charge in [-0.1, -0.05) is 30.3 Å². The number of ether oxygens (including phenoxy) is 1. The number of morpholine rings is 1. The van der Waals surface area contributed by atoms with E-state index in [4.69, 9.17) is 10.5 Å². The highest BCUT2D eigenvalue weighted by Gasteiger charge is 2.63. The maximum absolute atomic E-state index is 6.02. The molecule has 5 nitrogen and oxygen atoms in total. The van der Waals surface area contributed by atoms with E-state index in [2.05, 4.69) is 22.1 Å². The Bertz CT molecular complexity index is 597. The number of fused-ring (bicyclic) bond motifs is 1.